The predicted molar refractivity (Wildman–Crippen MR) is 86.0 cm³/mol. The first-order valence-electron chi connectivity index (χ1n) is 8.60. The molecule has 0 saturated carbocycles. The van der Waals surface area contributed by atoms with Crippen molar-refractivity contribution in [2.24, 2.45) is 0 Å². The van der Waals surface area contributed by atoms with Gasteiger partial charge in [0, 0.05) is 25.6 Å². The van der Waals surface area contributed by atoms with E-state index in [9.17, 15) is 8.42 Å². The normalized spacial score (nSPS) is 25.1. The molecule has 0 spiro atoms. The molecule has 23 heavy (non-hydrogen) atoms. The van der Waals surface area contributed by atoms with Crippen LogP contribution in [0.25, 0.3) is 0 Å². The maximum atomic E-state index is 13.0. The van der Waals surface area contributed by atoms with Gasteiger partial charge in [-0.05, 0) is 25.7 Å². The average molecular weight is 342 g/mol. The number of hydrogen-bond donors (Lipinski definition) is 0. The lowest BCUT2D eigenvalue weighted by Gasteiger charge is -2.28. The molecule has 0 aliphatic carbocycles. The Bertz CT molecular complexity index is 620. The molecule has 0 bridgehead atoms. The van der Waals surface area contributed by atoms with Crippen molar-refractivity contribution in [1.29, 1.82) is 0 Å². The first-order valence-corrected chi connectivity index (χ1v) is 10.0. The Kier molecular flexibility index (Phi) is 5.03. The Morgan fingerprint density at radius 2 is 1.78 bits per heavy atom. The molecule has 3 heterocycles. The van der Waals surface area contributed by atoms with Crippen LogP contribution in [0.4, 0.5) is 0 Å². The third kappa shape index (κ3) is 3.44. The molecule has 0 radical (unpaired) electrons. The van der Waals surface area contributed by atoms with Crippen molar-refractivity contribution >= 4 is 10.2 Å². The minimum Gasteiger partial charge on any atom is -0.338 e. The Morgan fingerprint density at radius 3 is 2.39 bits per heavy atom. The quantitative estimate of drug-likeness (QED) is 0.840. The Morgan fingerprint density at radius 1 is 1.09 bits per heavy atom. The molecular formula is C15H26N4O3S. The Hall–Kier alpha value is -0.990. The van der Waals surface area contributed by atoms with Crippen LogP contribution in [0.2, 0.25) is 0 Å². The van der Waals surface area contributed by atoms with Gasteiger partial charge in [-0.1, -0.05) is 31.8 Å². The van der Waals surface area contributed by atoms with Crippen molar-refractivity contribution in [3.8, 4) is 0 Å². The van der Waals surface area contributed by atoms with Crippen LogP contribution >= 0.6 is 0 Å². The molecular weight excluding hydrogens is 316 g/mol. The van der Waals surface area contributed by atoms with Gasteiger partial charge in [-0.25, -0.2) is 0 Å². The zero-order chi connectivity index (χ0) is 16.4. The van der Waals surface area contributed by atoms with Crippen LogP contribution in [0, 0.1) is 0 Å². The van der Waals surface area contributed by atoms with Crippen molar-refractivity contribution in [2.45, 2.75) is 64.3 Å². The maximum Gasteiger partial charge on any atom is 0.282 e. The molecule has 7 nitrogen and oxygen atoms in total. The summed E-state index contributed by atoms with van der Waals surface area (Å²) >= 11 is 0. The van der Waals surface area contributed by atoms with E-state index in [1.807, 2.05) is 13.8 Å². The summed E-state index contributed by atoms with van der Waals surface area (Å²) in [5.41, 5.74) is 0. The topological polar surface area (TPSA) is 79.5 Å². The fourth-order valence-corrected chi connectivity index (χ4v) is 5.19. The third-order valence-electron chi connectivity index (χ3n) is 4.65. The van der Waals surface area contributed by atoms with E-state index in [4.69, 9.17) is 4.52 Å². The second-order valence-electron chi connectivity index (χ2n) is 6.74. The molecule has 2 saturated heterocycles. The van der Waals surface area contributed by atoms with Crippen LogP contribution < -0.4 is 0 Å². The van der Waals surface area contributed by atoms with E-state index in [-0.39, 0.29) is 12.0 Å². The highest BCUT2D eigenvalue weighted by Crippen LogP contribution is 2.35. The minimum atomic E-state index is -3.45. The summed E-state index contributed by atoms with van der Waals surface area (Å²) in [6.45, 7) is 5.76. The zero-order valence-electron chi connectivity index (χ0n) is 13.9. The highest BCUT2D eigenvalue weighted by atomic mass is 32.2. The van der Waals surface area contributed by atoms with Crippen LogP contribution in [-0.2, 0) is 10.2 Å². The summed E-state index contributed by atoms with van der Waals surface area (Å²) in [6, 6.07) is -0.316. The van der Waals surface area contributed by atoms with Gasteiger partial charge in [-0.2, -0.15) is 22.0 Å². The molecule has 2 aliphatic rings. The molecule has 1 unspecified atom stereocenters. The lowest BCUT2D eigenvalue weighted by Crippen LogP contribution is -2.44. The highest BCUT2D eigenvalue weighted by molar-refractivity contribution is 7.86. The molecule has 0 N–H and O–H groups in total. The van der Waals surface area contributed by atoms with Crippen LogP contribution in [0.15, 0.2) is 4.52 Å². The van der Waals surface area contributed by atoms with E-state index in [0.717, 1.165) is 38.5 Å². The van der Waals surface area contributed by atoms with Gasteiger partial charge < -0.3 is 4.52 Å². The standard InChI is InChI=1S/C15H26N4O3S/c1-12(2)14-16-15(22-17-14)13-8-7-11-19(13)23(20,21)18-9-5-3-4-6-10-18/h12-13H,3-11H2,1-2H3. The molecule has 1 atom stereocenters. The van der Waals surface area contributed by atoms with Crippen LogP contribution in [-0.4, -0.2) is 46.8 Å². The smallest absolute Gasteiger partial charge is 0.282 e. The van der Waals surface area contributed by atoms with Crippen LogP contribution in [0.5, 0.6) is 0 Å². The Labute approximate surface area is 138 Å². The van der Waals surface area contributed by atoms with Crippen molar-refractivity contribution in [3.63, 3.8) is 0 Å². The van der Waals surface area contributed by atoms with E-state index in [1.165, 1.54) is 0 Å². The predicted octanol–water partition coefficient (Wildman–Crippen LogP) is 2.45. The van der Waals surface area contributed by atoms with Gasteiger partial charge in [-0.3, -0.25) is 0 Å². The van der Waals surface area contributed by atoms with E-state index in [0.29, 0.717) is 31.3 Å². The summed E-state index contributed by atoms with van der Waals surface area (Å²) in [7, 11) is -3.45. The molecule has 3 rings (SSSR count). The third-order valence-corrected chi connectivity index (χ3v) is 6.70. The minimum absolute atomic E-state index is 0.171. The summed E-state index contributed by atoms with van der Waals surface area (Å²) in [5, 5.41) is 3.98. The van der Waals surface area contributed by atoms with E-state index >= 15 is 0 Å². The van der Waals surface area contributed by atoms with Crippen molar-refractivity contribution < 1.29 is 12.9 Å². The van der Waals surface area contributed by atoms with Crippen molar-refractivity contribution in [2.75, 3.05) is 19.6 Å². The van der Waals surface area contributed by atoms with Gasteiger partial charge in [0.1, 0.15) is 6.04 Å². The molecule has 0 amide bonds. The van der Waals surface area contributed by atoms with Crippen molar-refractivity contribution in [3.05, 3.63) is 11.7 Å². The van der Waals surface area contributed by atoms with Gasteiger partial charge in [0.05, 0.1) is 0 Å². The van der Waals surface area contributed by atoms with Gasteiger partial charge >= 0.3 is 0 Å². The van der Waals surface area contributed by atoms with E-state index < -0.39 is 10.2 Å². The first-order chi connectivity index (χ1) is 11.0. The SMILES string of the molecule is CC(C)c1noc(C2CCCN2S(=O)(=O)N2CCCCCC2)n1. The number of rotatable bonds is 4. The summed E-state index contributed by atoms with van der Waals surface area (Å²) in [4.78, 5) is 4.42. The second kappa shape index (κ2) is 6.86. The van der Waals surface area contributed by atoms with E-state index in [1.54, 1.807) is 8.61 Å². The monoisotopic (exact) mass is 342 g/mol. The van der Waals surface area contributed by atoms with Crippen LogP contribution in [0.3, 0.4) is 0 Å². The molecule has 130 valence electrons. The van der Waals surface area contributed by atoms with Gasteiger partial charge in [0.15, 0.2) is 5.82 Å². The zero-order valence-corrected chi connectivity index (χ0v) is 14.8. The Balaban J connectivity index is 1.82. The number of aromatic nitrogens is 2. The summed E-state index contributed by atoms with van der Waals surface area (Å²) in [5.74, 6) is 1.24. The van der Waals surface area contributed by atoms with Crippen molar-refractivity contribution in [1.82, 2.24) is 18.8 Å². The lowest BCUT2D eigenvalue weighted by atomic mass is 10.2. The summed E-state index contributed by atoms with van der Waals surface area (Å²) < 4.78 is 34.6. The number of nitrogens with zero attached hydrogens (tertiary/aromatic N) is 4. The largest absolute Gasteiger partial charge is 0.338 e. The lowest BCUT2D eigenvalue weighted by molar-refractivity contribution is 0.271. The maximum absolute atomic E-state index is 13.0. The number of hydrogen-bond acceptors (Lipinski definition) is 5. The highest BCUT2D eigenvalue weighted by Gasteiger charge is 2.41. The molecule has 8 heteroatoms. The molecule has 0 aromatic carbocycles. The molecule has 1 aromatic heterocycles. The van der Waals surface area contributed by atoms with Gasteiger partial charge in [0.2, 0.25) is 5.89 Å². The molecule has 2 fully saturated rings. The fraction of sp³-hybridized carbons (Fsp3) is 0.867. The van der Waals surface area contributed by atoms with Gasteiger partial charge in [0.25, 0.3) is 10.2 Å². The summed E-state index contributed by atoms with van der Waals surface area (Å²) in [6.07, 6.45) is 5.67. The fourth-order valence-electron chi connectivity index (χ4n) is 3.30. The molecule has 2 aliphatic heterocycles. The van der Waals surface area contributed by atoms with E-state index in [2.05, 4.69) is 10.1 Å². The average Bonchev–Trinajstić information content (AvgIpc) is 3.10. The first kappa shape index (κ1) is 16.9. The molecule has 1 aromatic rings. The van der Waals surface area contributed by atoms with Gasteiger partial charge in [-0.15, -0.1) is 0 Å². The second-order valence-corrected chi connectivity index (χ2v) is 8.62. The van der Waals surface area contributed by atoms with Crippen LogP contribution in [0.1, 0.15) is 76.0 Å².